The Labute approximate surface area is 95.4 Å². The van der Waals surface area contributed by atoms with Gasteiger partial charge in [0.25, 0.3) is 5.69 Å². The molecule has 4 heteroatoms. The number of nitrogens with zero attached hydrogens (tertiary/aromatic N) is 1. The van der Waals surface area contributed by atoms with Gasteiger partial charge in [-0.15, -0.1) is 0 Å². The van der Waals surface area contributed by atoms with Crippen LogP contribution in [0.5, 0.6) is 0 Å². The quantitative estimate of drug-likeness (QED) is 0.571. The Morgan fingerprint density at radius 2 is 1.88 bits per heavy atom. The van der Waals surface area contributed by atoms with E-state index in [-0.39, 0.29) is 5.69 Å². The van der Waals surface area contributed by atoms with Crippen molar-refractivity contribution in [3.8, 4) is 0 Å². The maximum absolute atomic E-state index is 10.1. The lowest BCUT2D eigenvalue weighted by Gasteiger charge is -2.22. The fraction of sp³-hybridized carbons (Fsp3) is 0.500. The summed E-state index contributed by atoms with van der Waals surface area (Å²) in [7, 11) is 1.78. The first-order chi connectivity index (χ1) is 7.63. The second kappa shape index (κ2) is 6.23. The Bertz CT molecular complexity index is 328. The molecule has 0 bridgehead atoms. The van der Waals surface area contributed by atoms with Crippen molar-refractivity contribution in [2.75, 3.05) is 7.11 Å². The number of non-ortho nitro benzene ring substituents is 1. The Kier molecular flexibility index (Phi) is 4.92. The van der Waals surface area contributed by atoms with Gasteiger partial charge in [0.1, 0.15) is 0 Å². The standard InChI is InChI=1S/C7H7NO2.C5H10O/c1-6-2-4-7(5-3-6)8(9)10;1-6-5-3-2-4-5/h2-5H,1H3;5H,2-4H2,1H3. The zero-order valence-corrected chi connectivity index (χ0v) is 9.68. The molecule has 0 radical (unpaired) electrons. The molecule has 0 amide bonds. The number of nitro benzene ring substituents is 1. The molecule has 0 atom stereocenters. The topological polar surface area (TPSA) is 52.4 Å². The zero-order valence-electron chi connectivity index (χ0n) is 9.68. The number of aryl methyl sites for hydroxylation is 1. The van der Waals surface area contributed by atoms with Crippen LogP contribution in [0.2, 0.25) is 0 Å². The first-order valence-corrected chi connectivity index (χ1v) is 5.37. The molecule has 1 fully saturated rings. The minimum atomic E-state index is -0.403. The molecule has 1 aliphatic rings. The number of methoxy groups -OCH3 is 1. The Hall–Kier alpha value is -1.42. The molecule has 88 valence electrons. The minimum Gasteiger partial charge on any atom is -0.381 e. The van der Waals surface area contributed by atoms with Crippen LogP contribution in [0.3, 0.4) is 0 Å². The molecule has 0 unspecified atom stereocenters. The highest BCUT2D eigenvalue weighted by molar-refractivity contribution is 5.31. The largest absolute Gasteiger partial charge is 0.381 e. The fourth-order valence-corrected chi connectivity index (χ4v) is 1.27. The van der Waals surface area contributed by atoms with Crippen LogP contribution in [0, 0.1) is 17.0 Å². The molecule has 1 aromatic rings. The van der Waals surface area contributed by atoms with E-state index in [1.54, 1.807) is 19.2 Å². The van der Waals surface area contributed by atoms with Gasteiger partial charge in [0.05, 0.1) is 11.0 Å². The molecule has 0 heterocycles. The average Bonchev–Trinajstić information content (AvgIpc) is 2.17. The molecule has 4 nitrogen and oxygen atoms in total. The van der Waals surface area contributed by atoms with Gasteiger partial charge in [-0.05, 0) is 26.2 Å². The summed E-state index contributed by atoms with van der Waals surface area (Å²) in [6.45, 7) is 1.89. The van der Waals surface area contributed by atoms with Crippen molar-refractivity contribution in [1.82, 2.24) is 0 Å². The van der Waals surface area contributed by atoms with Crippen molar-refractivity contribution in [3.63, 3.8) is 0 Å². The van der Waals surface area contributed by atoms with Gasteiger partial charge in [-0.2, -0.15) is 0 Å². The van der Waals surface area contributed by atoms with E-state index in [2.05, 4.69) is 0 Å². The van der Waals surface area contributed by atoms with Crippen molar-refractivity contribution in [1.29, 1.82) is 0 Å². The predicted octanol–water partition coefficient (Wildman–Crippen LogP) is 3.09. The van der Waals surface area contributed by atoms with Gasteiger partial charge in [0.2, 0.25) is 0 Å². The molecule has 16 heavy (non-hydrogen) atoms. The summed E-state index contributed by atoms with van der Waals surface area (Å²) in [5, 5.41) is 10.1. The van der Waals surface area contributed by atoms with E-state index in [9.17, 15) is 10.1 Å². The number of hydrogen-bond donors (Lipinski definition) is 0. The summed E-state index contributed by atoms with van der Waals surface area (Å²) in [6.07, 6.45) is 4.57. The third-order valence-electron chi connectivity index (χ3n) is 2.63. The summed E-state index contributed by atoms with van der Waals surface area (Å²) in [5.41, 5.74) is 1.18. The third-order valence-corrected chi connectivity index (χ3v) is 2.63. The van der Waals surface area contributed by atoms with Crippen LogP contribution in [-0.2, 0) is 4.74 Å². The second-order valence-corrected chi connectivity index (χ2v) is 3.88. The van der Waals surface area contributed by atoms with Crippen LogP contribution in [0.4, 0.5) is 5.69 Å². The Morgan fingerprint density at radius 1 is 1.31 bits per heavy atom. The molecule has 1 saturated carbocycles. The lowest BCUT2D eigenvalue weighted by Crippen LogP contribution is -2.18. The fourth-order valence-electron chi connectivity index (χ4n) is 1.27. The van der Waals surface area contributed by atoms with E-state index in [1.807, 2.05) is 6.92 Å². The Morgan fingerprint density at radius 3 is 2.12 bits per heavy atom. The normalized spacial score (nSPS) is 14.6. The minimum absolute atomic E-state index is 0.144. The smallest absolute Gasteiger partial charge is 0.269 e. The molecule has 2 rings (SSSR count). The molecule has 0 aromatic heterocycles. The predicted molar refractivity (Wildman–Crippen MR) is 62.5 cm³/mol. The van der Waals surface area contributed by atoms with E-state index >= 15 is 0 Å². The van der Waals surface area contributed by atoms with Crippen LogP contribution in [0.15, 0.2) is 24.3 Å². The van der Waals surface area contributed by atoms with Gasteiger partial charge in [-0.3, -0.25) is 10.1 Å². The zero-order chi connectivity index (χ0) is 12.0. The van der Waals surface area contributed by atoms with Gasteiger partial charge in [-0.1, -0.05) is 17.7 Å². The summed E-state index contributed by atoms with van der Waals surface area (Å²) in [6, 6.07) is 6.43. The lowest BCUT2D eigenvalue weighted by atomic mass is 9.96. The molecular formula is C12H17NO3. The summed E-state index contributed by atoms with van der Waals surface area (Å²) < 4.78 is 4.99. The van der Waals surface area contributed by atoms with Crippen LogP contribution in [0.1, 0.15) is 24.8 Å². The number of ether oxygens (including phenoxy) is 1. The highest BCUT2D eigenvalue weighted by Gasteiger charge is 2.14. The van der Waals surface area contributed by atoms with Crippen LogP contribution in [-0.4, -0.2) is 18.1 Å². The molecule has 0 N–H and O–H groups in total. The van der Waals surface area contributed by atoms with Crippen molar-refractivity contribution >= 4 is 5.69 Å². The molecular weight excluding hydrogens is 206 g/mol. The van der Waals surface area contributed by atoms with E-state index in [4.69, 9.17) is 4.74 Å². The Balaban J connectivity index is 0.000000181. The molecule has 0 spiro atoms. The highest BCUT2D eigenvalue weighted by atomic mass is 16.6. The first-order valence-electron chi connectivity index (χ1n) is 5.37. The van der Waals surface area contributed by atoms with Gasteiger partial charge >= 0.3 is 0 Å². The average molecular weight is 223 g/mol. The highest BCUT2D eigenvalue weighted by Crippen LogP contribution is 2.20. The molecule has 0 aliphatic heterocycles. The third kappa shape index (κ3) is 3.98. The molecule has 1 aliphatic carbocycles. The summed E-state index contributed by atoms with van der Waals surface area (Å²) in [4.78, 5) is 9.71. The number of rotatable bonds is 2. The summed E-state index contributed by atoms with van der Waals surface area (Å²) in [5.74, 6) is 0. The monoisotopic (exact) mass is 223 g/mol. The summed E-state index contributed by atoms with van der Waals surface area (Å²) >= 11 is 0. The number of benzene rings is 1. The molecule has 0 saturated heterocycles. The van der Waals surface area contributed by atoms with Gasteiger partial charge in [0, 0.05) is 19.2 Å². The van der Waals surface area contributed by atoms with Crippen molar-refractivity contribution < 1.29 is 9.66 Å². The SMILES string of the molecule is COC1CCC1.Cc1ccc([N+](=O)[O-])cc1. The first kappa shape index (κ1) is 12.6. The van der Waals surface area contributed by atoms with Crippen molar-refractivity contribution in [2.24, 2.45) is 0 Å². The van der Waals surface area contributed by atoms with E-state index in [0.717, 1.165) is 5.56 Å². The van der Waals surface area contributed by atoms with E-state index < -0.39 is 4.92 Å². The van der Waals surface area contributed by atoms with Crippen molar-refractivity contribution in [3.05, 3.63) is 39.9 Å². The number of hydrogen-bond acceptors (Lipinski definition) is 3. The van der Waals surface area contributed by atoms with Crippen LogP contribution >= 0.6 is 0 Å². The maximum Gasteiger partial charge on any atom is 0.269 e. The van der Waals surface area contributed by atoms with Gasteiger partial charge < -0.3 is 4.74 Å². The van der Waals surface area contributed by atoms with E-state index in [1.165, 1.54) is 31.4 Å². The number of nitro groups is 1. The van der Waals surface area contributed by atoms with Crippen molar-refractivity contribution in [2.45, 2.75) is 32.3 Å². The second-order valence-electron chi connectivity index (χ2n) is 3.88. The van der Waals surface area contributed by atoms with Crippen LogP contribution in [0.25, 0.3) is 0 Å². The maximum atomic E-state index is 10.1. The van der Waals surface area contributed by atoms with Crippen LogP contribution < -0.4 is 0 Å². The van der Waals surface area contributed by atoms with E-state index in [0.29, 0.717) is 6.10 Å². The van der Waals surface area contributed by atoms with Gasteiger partial charge in [-0.25, -0.2) is 0 Å². The van der Waals surface area contributed by atoms with Gasteiger partial charge in [0.15, 0.2) is 0 Å². The molecule has 1 aromatic carbocycles. The lowest BCUT2D eigenvalue weighted by molar-refractivity contribution is -0.384.